The van der Waals surface area contributed by atoms with Crippen LogP contribution in [0, 0.1) is 0 Å². The topological polar surface area (TPSA) is 54.0 Å². The normalized spacial score (nSPS) is 11.5. The van der Waals surface area contributed by atoms with Crippen molar-refractivity contribution in [3.63, 3.8) is 0 Å². The molecule has 0 bridgehead atoms. The van der Waals surface area contributed by atoms with E-state index in [2.05, 4.69) is 6.92 Å². The molecule has 0 unspecified atom stereocenters. The molecule has 0 saturated heterocycles. The minimum atomic E-state index is -1.32. The fraction of sp³-hybridized carbons (Fsp3) is 0.632. The summed E-state index contributed by atoms with van der Waals surface area (Å²) < 4.78 is 10.1. The number of carbonyl (C=O) groups is 1. The van der Waals surface area contributed by atoms with Crippen LogP contribution in [0.15, 0.2) is 24.3 Å². The lowest BCUT2D eigenvalue weighted by Gasteiger charge is -2.24. The van der Waals surface area contributed by atoms with Crippen molar-refractivity contribution in [3.8, 4) is 5.75 Å². The Kier molecular flexibility index (Phi) is 9.60. The van der Waals surface area contributed by atoms with Gasteiger partial charge in [0.15, 0.2) is 11.5 Å². The van der Waals surface area contributed by atoms with E-state index in [1.807, 2.05) is 6.07 Å². The number of benzene rings is 1. The lowest BCUT2D eigenvalue weighted by atomic mass is 10.0. The maximum absolute atomic E-state index is 12.4. The number of methoxy groups -OCH3 is 2. The predicted molar refractivity (Wildman–Crippen MR) is 92.9 cm³/mol. The van der Waals surface area contributed by atoms with Crippen LogP contribution in [0.3, 0.4) is 0 Å². The van der Waals surface area contributed by atoms with E-state index in [0.717, 1.165) is 12.8 Å². The van der Waals surface area contributed by atoms with Gasteiger partial charge in [-0.05, 0) is 18.6 Å². The van der Waals surface area contributed by atoms with E-state index in [-0.39, 0.29) is 5.78 Å². The monoisotopic (exact) mass is 338 g/mol. The Balaban J connectivity index is 2.54. The van der Waals surface area contributed by atoms with Crippen LogP contribution in [0.5, 0.6) is 5.75 Å². The molecular formula is C19H30O5. The maximum atomic E-state index is 12.4. The predicted octanol–water partition coefficient (Wildman–Crippen LogP) is 4.90. The molecule has 5 heteroatoms. The fourth-order valence-electron chi connectivity index (χ4n) is 2.24. The van der Waals surface area contributed by atoms with Gasteiger partial charge in [0.2, 0.25) is 0 Å². The first-order chi connectivity index (χ1) is 11.6. The number of rotatable bonds is 13. The van der Waals surface area contributed by atoms with Crippen molar-refractivity contribution in [1.82, 2.24) is 0 Å². The number of hydrogen-bond acceptors (Lipinski definition) is 5. The van der Waals surface area contributed by atoms with E-state index in [1.54, 1.807) is 25.1 Å². The van der Waals surface area contributed by atoms with Gasteiger partial charge in [-0.1, -0.05) is 51.2 Å². The van der Waals surface area contributed by atoms with Gasteiger partial charge in [-0.15, -0.1) is 4.89 Å². The third-order valence-electron chi connectivity index (χ3n) is 3.97. The molecular weight excluding hydrogens is 308 g/mol. The van der Waals surface area contributed by atoms with Crippen molar-refractivity contribution in [2.45, 2.75) is 64.8 Å². The third-order valence-corrected chi connectivity index (χ3v) is 3.97. The van der Waals surface area contributed by atoms with Gasteiger partial charge in [0.05, 0.1) is 5.56 Å². The summed E-state index contributed by atoms with van der Waals surface area (Å²) in [5.41, 5.74) is 0.514. The summed E-state index contributed by atoms with van der Waals surface area (Å²) in [6.45, 7) is 3.77. The highest BCUT2D eigenvalue weighted by molar-refractivity contribution is 5.98. The zero-order chi connectivity index (χ0) is 17.8. The summed E-state index contributed by atoms with van der Waals surface area (Å²) in [5, 5.41) is 0. The molecule has 0 aromatic heterocycles. The lowest BCUT2D eigenvalue weighted by molar-refractivity contribution is -0.455. The largest absolute Gasteiger partial charge is 0.331 e. The number of hydrogen-bond donors (Lipinski definition) is 0. The van der Waals surface area contributed by atoms with Crippen molar-refractivity contribution >= 4 is 5.78 Å². The molecule has 0 aliphatic rings. The molecule has 0 saturated carbocycles. The number of carbonyl (C=O) groups excluding carboxylic acids is 1. The van der Waals surface area contributed by atoms with Crippen LogP contribution in [-0.4, -0.2) is 26.0 Å². The number of ketones is 1. The van der Waals surface area contributed by atoms with Crippen molar-refractivity contribution in [2.75, 3.05) is 14.2 Å². The van der Waals surface area contributed by atoms with Crippen molar-refractivity contribution < 1.29 is 24.0 Å². The van der Waals surface area contributed by atoms with Gasteiger partial charge < -0.3 is 14.4 Å². The van der Waals surface area contributed by atoms with Gasteiger partial charge in [-0.25, -0.2) is 0 Å². The molecule has 1 aromatic carbocycles. The second-order valence-corrected chi connectivity index (χ2v) is 5.87. The van der Waals surface area contributed by atoms with Crippen LogP contribution in [0.2, 0.25) is 0 Å². The summed E-state index contributed by atoms with van der Waals surface area (Å²) in [6.07, 6.45) is 7.40. The van der Waals surface area contributed by atoms with Crippen LogP contribution < -0.4 is 4.89 Å². The standard InChI is InChI=1S/C19H30O5/c1-5-6-7-8-9-10-14-17(20)16-13-11-12-15-18(16)23-24-19(2,21-3)22-4/h11-13,15H,5-10,14H2,1-4H3. The van der Waals surface area contributed by atoms with Gasteiger partial charge in [0.25, 0.3) is 0 Å². The molecule has 0 N–H and O–H groups in total. The highest BCUT2D eigenvalue weighted by Crippen LogP contribution is 2.23. The van der Waals surface area contributed by atoms with Crippen LogP contribution in [0.1, 0.15) is 69.2 Å². The van der Waals surface area contributed by atoms with E-state index in [9.17, 15) is 4.79 Å². The Bertz CT molecular complexity index is 482. The van der Waals surface area contributed by atoms with E-state index < -0.39 is 5.97 Å². The average molecular weight is 338 g/mol. The molecule has 0 amide bonds. The lowest BCUT2D eigenvalue weighted by Crippen LogP contribution is -2.34. The molecule has 0 spiro atoms. The minimum Gasteiger partial charge on any atom is -0.331 e. The Morgan fingerprint density at radius 2 is 1.62 bits per heavy atom. The second-order valence-electron chi connectivity index (χ2n) is 5.87. The quantitative estimate of drug-likeness (QED) is 0.168. The fourth-order valence-corrected chi connectivity index (χ4v) is 2.24. The minimum absolute atomic E-state index is 0.0567. The van der Waals surface area contributed by atoms with E-state index in [0.29, 0.717) is 17.7 Å². The van der Waals surface area contributed by atoms with Crippen molar-refractivity contribution in [2.24, 2.45) is 0 Å². The van der Waals surface area contributed by atoms with Crippen LogP contribution in [0.25, 0.3) is 0 Å². The number of Topliss-reactive ketones (excluding diaryl/α,β-unsaturated/α-hetero) is 1. The molecule has 24 heavy (non-hydrogen) atoms. The Hall–Kier alpha value is -1.43. The zero-order valence-electron chi connectivity index (χ0n) is 15.3. The summed E-state index contributed by atoms with van der Waals surface area (Å²) in [4.78, 5) is 22.9. The zero-order valence-corrected chi connectivity index (χ0v) is 15.3. The van der Waals surface area contributed by atoms with Gasteiger partial charge in [0.1, 0.15) is 0 Å². The van der Waals surface area contributed by atoms with E-state index in [1.165, 1.54) is 39.9 Å². The SMILES string of the molecule is CCCCCCCCC(=O)c1ccccc1OOC(C)(OC)OC. The molecule has 1 aromatic rings. The van der Waals surface area contributed by atoms with Gasteiger partial charge in [-0.3, -0.25) is 4.79 Å². The first-order valence-corrected chi connectivity index (χ1v) is 8.64. The van der Waals surface area contributed by atoms with Gasteiger partial charge in [0, 0.05) is 27.6 Å². The first-order valence-electron chi connectivity index (χ1n) is 8.64. The highest BCUT2D eigenvalue weighted by atomic mass is 17.3. The highest BCUT2D eigenvalue weighted by Gasteiger charge is 2.27. The summed E-state index contributed by atoms with van der Waals surface area (Å²) in [6, 6.07) is 7.04. The third kappa shape index (κ3) is 6.99. The summed E-state index contributed by atoms with van der Waals surface area (Å²) in [5.74, 6) is -0.898. The molecule has 0 aliphatic carbocycles. The van der Waals surface area contributed by atoms with Crippen LogP contribution >= 0.6 is 0 Å². The van der Waals surface area contributed by atoms with E-state index >= 15 is 0 Å². The van der Waals surface area contributed by atoms with Gasteiger partial charge in [-0.2, -0.15) is 0 Å². The van der Waals surface area contributed by atoms with E-state index in [4.69, 9.17) is 19.2 Å². The van der Waals surface area contributed by atoms with Crippen LogP contribution in [0.4, 0.5) is 0 Å². The molecule has 1 rings (SSSR count). The average Bonchev–Trinajstić information content (AvgIpc) is 2.62. The second kappa shape index (κ2) is 11.2. The Morgan fingerprint density at radius 3 is 2.29 bits per heavy atom. The molecule has 0 atom stereocenters. The van der Waals surface area contributed by atoms with Crippen molar-refractivity contribution in [1.29, 1.82) is 0 Å². The number of para-hydroxylation sites is 1. The number of ether oxygens (including phenoxy) is 2. The van der Waals surface area contributed by atoms with Crippen molar-refractivity contribution in [3.05, 3.63) is 29.8 Å². The van der Waals surface area contributed by atoms with Crippen LogP contribution in [-0.2, 0) is 14.4 Å². The summed E-state index contributed by atoms with van der Waals surface area (Å²) >= 11 is 0. The molecule has 0 heterocycles. The summed E-state index contributed by atoms with van der Waals surface area (Å²) in [7, 11) is 2.89. The molecule has 0 radical (unpaired) electrons. The maximum Gasteiger partial charge on any atom is 0.319 e. The molecule has 0 fully saturated rings. The molecule has 136 valence electrons. The smallest absolute Gasteiger partial charge is 0.319 e. The Labute approximate surface area is 145 Å². The molecule has 5 nitrogen and oxygen atoms in total. The number of unbranched alkanes of at least 4 members (excludes halogenated alkanes) is 5. The molecule has 0 aliphatic heterocycles. The first kappa shape index (κ1) is 20.6. The Morgan fingerprint density at radius 1 is 1.00 bits per heavy atom. The van der Waals surface area contributed by atoms with Gasteiger partial charge >= 0.3 is 5.97 Å².